The second-order valence-corrected chi connectivity index (χ2v) is 7.35. The first-order valence-corrected chi connectivity index (χ1v) is 9.08. The SMILES string of the molecule is CCOC(=O)c1cc(N2CC(CS(N)(=O)=O)CC2=O)ccc1Cl. The molecule has 0 bridgehead atoms. The molecule has 1 saturated heterocycles. The van der Waals surface area contributed by atoms with E-state index in [-0.39, 0.29) is 47.7 Å². The van der Waals surface area contributed by atoms with Gasteiger partial charge >= 0.3 is 5.97 Å². The molecule has 0 spiro atoms. The number of esters is 1. The Hall–Kier alpha value is -1.64. The summed E-state index contributed by atoms with van der Waals surface area (Å²) in [6.07, 6.45) is 0.0911. The van der Waals surface area contributed by atoms with E-state index in [4.69, 9.17) is 21.5 Å². The summed E-state index contributed by atoms with van der Waals surface area (Å²) < 4.78 is 27.3. The van der Waals surface area contributed by atoms with Crippen LogP contribution in [0.25, 0.3) is 0 Å². The number of nitrogens with zero attached hydrogens (tertiary/aromatic N) is 1. The van der Waals surface area contributed by atoms with Crippen LogP contribution in [0.3, 0.4) is 0 Å². The number of primary sulfonamides is 1. The summed E-state index contributed by atoms with van der Waals surface area (Å²) in [6.45, 7) is 2.11. The van der Waals surface area contributed by atoms with Crippen LogP contribution in [0.2, 0.25) is 5.02 Å². The van der Waals surface area contributed by atoms with Crippen LogP contribution in [0, 0.1) is 5.92 Å². The smallest absolute Gasteiger partial charge is 0.339 e. The van der Waals surface area contributed by atoms with Crippen LogP contribution in [-0.4, -0.2) is 39.2 Å². The quantitative estimate of drug-likeness (QED) is 0.793. The summed E-state index contributed by atoms with van der Waals surface area (Å²) in [4.78, 5) is 25.4. The van der Waals surface area contributed by atoms with E-state index < -0.39 is 16.0 Å². The van der Waals surface area contributed by atoms with Gasteiger partial charge in [0.2, 0.25) is 15.9 Å². The summed E-state index contributed by atoms with van der Waals surface area (Å²) in [5.74, 6) is -1.44. The monoisotopic (exact) mass is 360 g/mol. The van der Waals surface area contributed by atoms with Gasteiger partial charge in [-0.2, -0.15) is 0 Å². The van der Waals surface area contributed by atoms with Crippen LogP contribution in [0.1, 0.15) is 23.7 Å². The molecule has 2 N–H and O–H groups in total. The first-order valence-electron chi connectivity index (χ1n) is 6.98. The molecular weight excluding hydrogens is 344 g/mol. The van der Waals surface area contributed by atoms with Crippen molar-refractivity contribution in [3.63, 3.8) is 0 Å². The zero-order valence-electron chi connectivity index (χ0n) is 12.5. The predicted octanol–water partition coefficient (Wildman–Crippen LogP) is 1.16. The van der Waals surface area contributed by atoms with Crippen molar-refractivity contribution in [2.75, 3.05) is 23.8 Å². The average Bonchev–Trinajstić information content (AvgIpc) is 2.78. The lowest BCUT2D eigenvalue weighted by Gasteiger charge is -2.18. The van der Waals surface area contributed by atoms with E-state index in [0.29, 0.717) is 5.69 Å². The van der Waals surface area contributed by atoms with E-state index in [0.717, 1.165) is 0 Å². The minimum Gasteiger partial charge on any atom is -0.462 e. The number of sulfonamides is 1. The van der Waals surface area contributed by atoms with E-state index in [1.54, 1.807) is 13.0 Å². The van der Waals surface area contributed by atoms with E-state index in [1.807, 2.05) is 0 Å². The molecule has 1 aliphatic rings. The number of carbonyl (C=O) groups is 2. The number of hydrogen-bond acceptors (Lipinski definition) is 5. The van der Waals surface area contributed by atoms with Gasteiger partial charge in [0.1, 0.15) is 0 Å². The fourth-order valence-corrected chi connectivity index (χ4v) is 3.59. The van der Waals surface area contributed by atoms with E-state index in [1.165, 1.54) is 17.0 Å². The summed E-state index contributed by atoms with van der Waals surface area (Å²) in [5.41, 5.74) is 0.632. The Balaban J connectivity index is 2.23. The van der Waals surface area contributed by atoms with Gasteiger partial charge in [-0.15, -0.1) is 0 Å². The summed E-state index contributed by atoms with van der Waals surface area (Å²) in [5, 5.41) is 5.25. The van der Waals surface area contributed by atoms with Crippen LogP contribution in [0.15, 0.2) is 18.2 Å². The lowest BCUT2D eigenvalue weighted by atomic mass is 10.1. The van der Waals surface area contributed by atoms with Crippen LogP contribution < -0.4 is 10.0 Å². The fraction of sp³-hybridized carbons (Fsp3) is 0.429. The molecule has 1 aromatic rings. The third-order valence-corrected chi connectivity index (χ3v) is 4.70. The number of benzene rings is 1. The largest absolute Gasteiger partial charge is 0.462 e. The van der Waals surface area contributed by atoms with Crippen molar-refractivity contribution in [2.24, 2.45) is 11.1 Å². The van der Waals surface area contributed by atoms with Gasteiger partial charge in [-0.05, 0) is 25.1 Å². The molecular formula is C14H17ClN2O5S. The predicted molar refractivity (Wildman–Crippen MR) is 85.8 cm³/mol. The zero-order valence-corrected chi connectivity index (χ0v) is 14.1. The molecule has 7 nitrogen and oxygen atoms in total. The number of nitrogens with two attached hydrogens (primary N) is 1. The molecule has 1 fully saturated rings. The van der Waals surface area contributed by atoms with Gasteiger partial charge in [-0.25, -0.2) is 18.4 Å². The Bertz CT molecular complexity index is 735. The molecule has 1 heterocycles. The number of rotatable bonds is 5. The van der Waals surface area contributed by atoms with Crippen molar-refractivity contribution in [3.05, 3.63) is 28.8 Å². The van der Waals surface area contributed by atoms with Gasteiger partial charge in [0, 0.05) is 24.6 Å². The number of hydrogen-bond donors (Lipinski definition) is 1. The number of carbonyl (C=O) groups excluding carboxylic acids is 2. The molecule has 0 aliphatic carbocycles. The summed E-state index contributed by atoms with van der Waals surface area (Å²) in [7, 11) is -3.65. The zero-order chi connectivity index (χ0) is 17.2. The maximum Gasteiger partial charge on any atom is 0.339 e. The highest BCUT2D eigenvalue weighted by Crippen LogP contribution is 2.29. The highest BCUT2D eigenvalue weighted by Gasteiger charge is 2.33. The molecule has 1 aromatic carbocycles. The highest BCUT2D eigenvalue weighted by atomic mass is 35.5. The van der Waals surface area contributed by atoms with Crippen LogP contribution in [-0.2, 0) is 19.6 Å². The minimum atomic E-state index is -3.65. The molecule has 126 valence electrons. The Labute approximate surface area is 139 Å². The van der Waals surface area contributed by atoms with Crippen molar-refractivity contribution in [1.82, 2.24) is 0 Å². The van der Waals surface area contributed by atoms with E-state index in [2.05, 4.69) is 0 Å². The van der Waals surface area contributed by atoms with Gasteiger partial charge in [-0.1, -0.05) is 11.6 Å². The standard InChI is InChI=1S/C14H17ClN2O5S/c1-2-22-14(19)11-6-10(3-4-12(11)15)17-7-9(5-13(17)18)8-23(16,20)21/h3-4,6,9H,2,5,7-8H2,1H3,(H2,16,20,21). The average molecular weight is 361 g/mol. The van der Waals surface area contributed by atoms with Crippen molar-refractivity contribution in [1.29, 1.82) is 0 Å². The van der Waals surface area contributed by atoms with E-state index in [9.17, 15) is 18.0 Å². The third kappa shape index (κ3) is 4.43. The van der Waals surface area contributed by atoms with Crippen LogP contribution >= 0.6 is 11.6 Å². The van der Waals surface area contributed by atoms with Gasteiger partial charge in [0.25, 0.3) is 0 Å². The van der Waals surface area contributed by atoms with Crippen molar-refractivity contribution >= 4 is 39.2 Å². The molecule has 0 saturated carbocycles. The van der Waals surface area contributed by atoms with Gasteiger partial charge in [0.05, 0.1) is 22.9 Å². The van der Waals surface area contributed by atoms with E-state index >= 15 is 0 Å². The molecule has 2 rings (SSSR count). The van der Waals surface area contributed by atoms with Crippen LogP contribution in [0.4, 0.5) is 5.69 Å². The number of anilines is 1. The second kappa shape index (κ2) is 6.86. The number of halogens is 1. The van der Waals surface area contributed by atoms with Crippen molar-refractivity contribution in [2.45, 2.75) is 13.3 Å². The second-order valence-electron chi connectivity index (χ2n) is 5.29. The Morgan fingerprint density at radius 2 is 2.17 bits per heavy atom. The van der Waals surface area contributed by atoms with Crippen LogP contribution in [0.5, 0.6) is 0 Å². The maximum absolute atomic E-state index is 12.1. The van der Waals surface area contributed by atoms with Crippen molar-refractivity contribution in [3.8, 4) is 0 Å². The third-order valence-electron chi connectivity index (χ3n) is 3.43. The molecule has 0 radical (unpaired) electrons. The molecule has 0 aromatic heterocycles. The first kappa shape index (κ1) is 17.7. The maximum atomic E-state index is 12.1. The van der Waals surface area contributed by atoms with Crippen molar-refractivity contribution < 1.29 is 22.7 Å². The van der Waals surface area contributed by atoms with Gasteiger partial charge < -0.3 is 9.64 Å². The highest BCUT2D eigenvalue weighted by molar-refractivity contribution is 7.89. The number of amides is 1. The fourth-order valence-electron chi connectivity index (χ4n) is 2.52. The molecule has 1 amide bonds. The topological polar surface area (TPSA) is 107 Å². The molecule has 9 heteroatoms. The normalized spacial score (nSPS) is 18.3. The number of ether oxygens (including phenoxy) is 1. The molecule has 1 unspecified atom stereocenters. The Morgan fingerprint density at radius 1 is 1.48 bits per heavy atom. The van der Waals surface area contributed by atoms with Gasteiger partial charge in [0.15, 0.2) is 0 Å². The molecule has 23 heavy (non-hydrogen) atoms. The lowest BCUT2D eigenvalue weighted by molar-refractivity contribution is -0.117. The first-order chi connectivity index (χ1) is 10.7. The minimum absolute atomic E-state index is 0.0911. The summed E-state index contributed by atoms with van der Waals surface area (Å²) >= 11 is 5.99. The van der Waals surface area contributed by atoms with Gasteiger partial charge in [-0.3, -0.25) is 4.79 Å². The molecule has 1 atom stereocenters. The molecule has 1 aliphatic heterocycles. The lowest BCUT2D eigenvalue weighted by Crippen LogP contribution is -2.27. The Kier molecular flexibility index (Phi) is 5.28. The summed E-state index contributed by atoms with van der Waals surface area (Å²) in [6, 6.07) is 4.57. The Morgan fingerprint density at radius 3 is 2.78 bits per heavy atom.